The van der Waals surface area contributed by atoms with Crippen LogP contribution in [-0.2, 0) is 18.1 Å². The van der Waals surface area contributed by atoms with Gasteiger partial charge in [0.1, 0.15) is 0 Å². The Kier molecular flexibility index (Phi) is 12.2. The van der Waals surface area contributed by atoms with Crippen LogP contribution in [0, 0.1) is 0 Å². The van der Waals surface area contributed by atoms with E-state index in [1.807, 2.05) is 41.8 Å². The van der Waals surface area contributed by atoms with Gasteiger partial charge in [-0.3, -0.25) is 13.7 Å². The van der Waals surface area contributed by atoms with Crippen LogP contribution in [0.15, 0.2) is 8.82 Å². The van der Waals surface area contributed by atoms with Gasteiger partial charge in [-0.05, 0) is 81.1 Å². The highest BCUT2D eigenvalue weighted by molar-refractivity contribution is 7.76. The van der Waals surface area contributed by atoms with Crippen molar-refractivity contribution in [1.82, 2.24) is 4.90 Å². The molecule has 0 aliphatic heterocycles. The van der Waals surface area contributed by atoms with Gasteiger partial charge in [0, 0.05) is 0 Å². The molecule has 0 heterocycles. The molecule has 0 unspecified atom stereocenters. The fourth-order valence-electron chi connectivity index (χ4n) is 2.90. The molecule has 0 rings (SSSR count). The lowest BCUT2D eigenvalue weighted by Crippen LogP contribution is -2.34. The molecule has 0 saturated carbocycles. The lowest BCUT2D eigenvalue weighted by atomic mass is 10.9. The SMILES string of the molecule is CCOP(=N[Si](C)(C)C)(OCC)C(N(C)C)P(=N[Si](C)(C)C)(OCC)OCC. The minimum Gasteiger partial charge on any atom is -0.323 e. The summed E-state index contributed by atoms with van der Waals surface area (Å²) >= 11 is 0. The fourth-order valence-corrected chi connectivity index (χ4v) is 17.9. The normalized spacial score (nSPS) is 14.1. The Balaban J connectivity index is 7.23. The van der Waals surface area contributed by atoms with Crippen molar-refractivity contribution in [1.29, 1.82) is 0 Å². The van der Waals surface area contributed by atoms with Crippen LogP contribution in [0.3, 0.4) is 0 Å². The second kappa shape index (κ2) is 11.9. The summed E-state index contributed by atoms with van der Waals surface area (Å²) in [5.41, 5.74) is -0.279. The van der Waals surface area contributed by atoms with E-state index in [1.54, 1.807) is 0 Å². The van der Waals surface area contributed by atoms with Crippen molar-refractivity contribution in [2.24, 2.45) is 8.82 Å². The Labute approximate surface area is 176 Å². The summed E-state index contributed by atoms with van der Waals surface area (Å²) in [5.74, 6) is 0. The van der Waals surface area contributed by atoms with Crippen LogP contribution in [0.25, 0.3) is 0 Å². The summed E-state index contributed by atoms with van der Waals surface area (Å²) in [7, 11) is -5.13. The monoisotopic (exact) mass is 473 g/mol. The quantitative estimate of drug-likeness (QED) is 0.220. The highest BCUT2D eigenvalue weighted by Gasteiger charge is 2.49. The maximum absolute atomic E-state index is 6.42. The second-order valence-corrected chi connectivity index (χ2v) is 23.6. The van der Waals surface area contributed by atoms with E-state index in [0.717, 1.165) is 0 Å². The predicted molar refractivity (Wildman–Crippen MR) is 129 cm³/mol. The lowest BCUT2D eigenvalue weighted by molar-refractivity contribution is 0.210. The van der Waals surface area contributed by atoms with Crippen LogP contribution in [0.5, 0.6) is 0 Å². The highest BCUT2D eigenvalue weighted by Crippen LogP contribution is 2.74. The Morgan fingerprint density at radius 3 is 1.04 bits per heavy atom. The first-order chi connectivity index (χ1) is 12.7. The molecule has 0 aromatic heterocycles. The van der Waals surface area contributed by atoms with E-state index in [2.05, 4.69) is 44.2 Å². The molecule has 170 valence electrons. The van der Waals surface area contributed by atoms with E-state index >= 15 is 0 Å². The average molecular weight is 474 g/mol. The molecular weight excluding hydrogens is 428 g/mol. The van der Waals surface area contributed by atoms with Gasteiger partial charge < -0.3 is 18.1 Å². The zero-order valence-electron chi connectivity index (χ0n) is 20.3. The fraction of sp³-hybridized carbons (Fsp3) is 1.00. The standard InChI is InChI=1S/C17H45N3O4P2Si2/c1-13-21-25(22-14-2,18-27(7,8)9)17(20(5)6)26(23-15-3,24-16-4)19-28(10,11)12/h17H,13-16H2,1-12H3. The molecule has 0 N–H and O–H groups in total. The van der Waals surface area contributed by atoms with E-state index in [4.69, 9.17) is 26.9 Å². The number of hydrogen-bond acceptors (Lipinski definition) is 7. The summed E-state index contributed by atoms with van der Waals surface area (Å²) < 4.78 is 36.3. The van der Waals surface area contributed by atoms with Crippen LogP contribution < -0.4 is 0 Å². The summed E-state index contributed by atoms with van der Waals surface area (Å²) in [6.07, 6.45) is 0. The molecule has 0 saturated heterocycles. The minimum atomic E-state index is -2.71. The molecule has 11 heteroatoms. The molecule has 0 spiro atoms. The predicted octanol–water partition coefficient (Wildman–Crippen LogP) is 6.71. The zero-order chi connectivity index (χ0) is 22.2. The summed E-state index contributed by atoms with van der Waals surface area (Å²) in [6.45, 7) is 23.4. The van der Waals surface area contributed by atoms with Gasteiger partial charge in [-0.1, -0.05) is 0 Å². The Morgan fingerprint density at radius 1 is 0.643 bits per heavy atom. The van der Waals surface area contributed by atoms with Crippen molar-refractivity contribution >= 4 is 31.5 Å². The molecule has 0 bridgehead atoms. The van der Waals surface area contributed by atoms with Gasteiger partial charge in [0.25, 0.3) is 0 Å². The Bertz CT molecular complexity index is 510. The van der Waals surface area contributed by atoms with Gasteiger partial charge in [0.15, 0.2) is 22.0 Å². The minimum absolute atomic E-state index is 0.279. The van der Waals surface area contributed by atoms with Crippen molar-refractivity contribution < 1.29 is 18.1 Å². The smallest absolute Gasteiger partial charge is 0.231 e. The first-order valence-corrected chi connectivity index (χ1v) is 20.4. The molecule has 7 nitrogen and oxygen atoms in total. The van der Waals surface area contributed by atoms with E-state index in [-0.39, 0.29) is 5.52 Å². The van der Waals surface area contributed by atoms with Gasteiger partial charge in [0.2, 0.25) is 15.0 Å². The van der Waals surface area contributed by atoms with Crippen LogP contribution in [0.4, 0.5) is 0 Å². The van der Waals surface area contributed by atoms with Crippen LogP contribution in [0.1, 0.15) is 27.7 Å². The summed E-state index contributed by atoms with van der Waals surface area (Å²) in [4.78, 5) is 2.12. The largest absolute Gasteiger partial charge is 0.323 e. The van der Waals surface area contributed by atoms with Gasteiger partial charge in [-0.2, -0.15) is 0 Å². The highest BCUT2D eigenvalue weighted by atomic mass is 31.2. The first-order valence-electron chi connectivity index (χ1n) is 10.2. The van der Waals surface area contributed by atoms with Crippen molar-refractivity contribution in [2.45, 2.75) is 72.5 Å². The van der Waals surface area contributed by atoms with Gasteiger partial charge in [-0.15, -0.1) is 0 Å². The van der Waals surface area contributed by atoms with Gasteiger partial charge in [-0.25, -0.2) is 0 Å². The molecule has 0 radical (unpaired) electrons. The van der Waals surface area contributed by atoms with Crippen molar-refractivity contribution in [3.05, 3.63) is 0 Å². The van der Waals surface area contributed by atoms with Crippen molar-refractivity contribution in [3.63, 3.8) is 0 Å². The number of nitrogens with zero attached hydrogens (tertiary/aromatic N) is 3. The molecule has 0 aromatic carbocycles. The van der Waals surface area contributed by atoms with E-state index in [9.17, 15) is 0 Å². The number of hydrogen-bond donors (Lipinski definition) is 0. The zero-order valence-corrected chi connectivity index (χ0v) is 24.1. The topological polar surface area (TPSA) is 64.9 Å². The molecule has 28 heavy (non-hydrogen) atoms. The maximum Gasteiger partial charge on any atom is 0.231 e. The van der Waals surface area contributed by atoms with Crippen LogP contribution >= 0.6 is 15.0 Å². The average Bonchev–Trinajstić information content (AvgIpc) is 2.43. The van der Waals surface area contributed by atoms with Crippen LogP contribution in [-0.4, -0.2) is 67.4 Å². The Hall–Kier alpha value is 0.694. The third kappa shape index (κ3) is 8.82. The third-order valence-electron chi connectivity index (χ3n) is 3.18. The van der Waals surface area contributed by atoms with Gasteiger partial charge in [0.05, 0.1) is 26.4 Å². The van der Waals surface area contributed by atoms with Crippen LogP contribution in [0.2, 0.25) is 39.3 Å². The molecule has 0 fully saturated rings. The summed E-state index contributed by atoms with van der Waals surface area (Å²) in [5, 5.41) is 0. The van der Waals surface area contributed by atoms with Crippen molar-refractivity contribution in [2.75, 3.05) is 40.5 Å². The van der Waals surface area contributed by atoms with E-state index < -0.39 is 31.5 Å². The second-order valence-electron chi connectivity index (χ2n) is 8.65. The molecular formula is C17H45N3O4P2Si2. The third-order valence-corrected chi connectivity index (χ3v) is 16.6. The van der Waals surface area contributed by atoms with Crippen molar-refractivity contribution in [3.8, 4) is 0 Å². The summed E-state index contributed by atoms with van der Waals surface area (Å²) in [6, 6.07) is 0. The molecule has 0 aliphatic rings. The molecule has 0 amide bonds. The lowest BCUT2D eigenvalue weighted by Gasteiger charge is -2.43. The molecule has 0 aromatic rings. The molecule has 0 aliphatic carbocycles. The van der Waals surface area contributed by atoms with E-state index in [0.29, 0.717) is 26.4 Å². The first kappa shape index (κ1) is 28.7. The Morgan fingerprint density at radius 2 is 0.893 bits per heavy atom. The number of rotatable bonds is 13. The molecule has 0 atom stereocenters. The van der Waals surface area contributed by atoms with Gasteiger partial charge >= 0.3 is 0 Å². The van der Waals surface area contributed by atoms with E-state index in [1.165, 1.54) is 0 Å². The maximum atomic E-state index is 6.42.